The summed E-state index contributed by atoms with van der Waals surface area (Å²) in [7, 11) is 2.86. The van der Waals surface area contributed by atoms with E-state index in [-0.39, 0.29) is 17.3 Å². The van der Waals surface area contributed by atoms with Gasteiger partial charge in [-0.05, 0) is 19.1 Å². The van der Waals surface area contributed by atoms with Crippen LogP contribution in [0.5, 0.6) is 17.5 Å². The molecule has 0 saturated carbocycles. The quantitative estimate of drug-likeness (QED) is 0.738. The van der Waals surface area contributed by atoms with Crippen LogP contribution < -0.4 is 19.5 Å². The number of aromatic nitrogens is 3. The third-order valence-electron chi connectivity index (χ3n) is 4.06. The predicted octanol–water partition coefficient (Wildman–Crippen LogP) is 3.07. The zero-order valence-corrected chi connectivity index (χ0v) is 15.7. The minimum atomic E-state index is -0.458. The number of rotatable bonds is 4. The molecule has 0 radical (unpaired) electrons. The van der Waals surface area contributed by atoms with Crippen LogP contribution >= 0.6 is 11.3 Å². The number of carbonyl (C=O) groups is 1. The van der Waals surface area contributed by atoms with Crippen molar-refractivity contribution in [2.45, 2.75) is 13.5 Å². The highest BCUT2D eigenvalue weighted by Gasteiger charge is 2.25. The van der Waals surface area contributed by atoms with Gasteiger partial charge >= 0.3 is 0 Å². The third-order valence-corrected chi connectivity index (χ3v) is 5.00. The number of hydrogen-bond acceptors (Lipinski definition) is 8. The molecule has 3 aromatic rings. The lowest BCUT2D eigenvalue weighted by molar-refractivity contribution is 0.101. The molecule has 1 amide bonds. The van der Waals surface area contributed by atoms with E-state index in [2.05, 4.69) is 20.3 Å². The van der Waals surface area contributed by atoms with E-state index < -0.39 is 5.91 Å². The Morgan fingerprint density at radius 3 is 2.67 bits per heavy atom. The van der Waals surface area contributed by atoms with Crippen LogP contribution in [0, 0.1) is 6.92 Å². The Morgan fingerprint density at radius 1 is 1.22 bits per heavy atom. The van der Waals surface area contributed by atoms with Gasteiger partial charge in [-0.2, -0.15) is 0 Å². The van der Waals surface area contributed by atoms with Crippen molar-refractivity contribution in [1.29, 1.82) is 0 Å². The van der Waals surface area contributed by atoms with Crippen LogP contribution in [0.1, 0.15) is 20.8 Å². The Kier molecular flexibility index (Phi) is 4.36. The van der Waals surface area contributed by atoms with Gasteiger partial charge in [0.15, 0.2) is 10.7 Å². The summed E-state index contributed by atoms with van der Waals surface area (Å²) in [4.78, 5) is 26.2. The number of anilines is 1. The summed E-state index contributed by atoms with van der Waals surface area (Å²) < 4.78 is 16.1. The average molecular weight is 384 g/mol. The van der Waals surface area contributed by atoms with Crippen molar-refractivity contribution in [1.82, 2.24) is 15.0 Å². The van der Waals surface area contributed by atoms with Crippen LogP contribution in [-0.4, -0.2) is 35.1 Å². The molecular formula is C18H16N4O4S. The largest absolute Gasteiger partial charge is 0.487 e. The molecule has 138 valence electrons. The molecule has 0 spiro atoms. The topological polar surface area (TPSA) is 95.5 Å². The van der Waals surface area contributed by atoms with Crippen molar-refractivity contribution in [2.75, 3.05) is 19.5 Å². The van der Waals surface area contributed by atoms with E-state index in [0.29, 0.717) is 11.7 Å². The summed E-state index contributed by atoms with van der Waals surface area (Å²) >= 11 is 1.36. The van der Waals surface area contributed by atoms with Gasteiger partial charge in [-0.3, -0.25) is 10.1 Å². The molecule has 0 saturated heterocycles. The van der Waals surface area contributed by atoms with E-state index in [1.54, 1.807) is 0 Å². The smallest absolute Gasteiger partial charge is 0.268 e. The maximum atomic E-state index is 12.8. The summed E-state index contributed by atoms with van der Waals surface area (Å²) in [6.45, 7) is 2.43. The van der Waals surface area contributed by atoms with E-state index in [1.165, 1.54) is 31.9 Å². The number of hydrogen-bond donors (Lipinski definition) is 1. The standard InChI is InChI=1S/C18H16N4O4S/c1-9-4-5-11-10(6-9)14-12(7-26-11)27-18(21-14)22-15(23)13-16(24-2)19-8-20-17(13)25-3/h4-6,8H,7H2,1-3H3,(H,21,22,23). The van der Waals surface area contributed by atoms with Crippen molar-refractivity contribution < 1.29 is 19.0 Å². The Labute approximate surface area is 159 Å². The molecule has 1 aliphatic rings. The van der Waals surface area contributed by atoms with Gasteiger partial charge in [-0.25, -0.2) is 15.0 Å². The summed E-state index contributed by atoms with van der Waals surface area (Å²) in [5.74, 6) is 0.590. The maximum Gasteiger partial charge on any atom is 0.268 e. The highest BCUT2D eigenvalue weighted by atomic mass is 32.1. The van der Waals surface area contributed by atoms with Crippen LogP contribution in [0.25, 0.3) is 11.3 Å². The van der Waals surface area contributed by atoms with E-state index in [0.717, 1.165) is 27.4 Å². The number of methoxy groups -OCH3 is 2. The third kappa shape index (κ3) is 3.06. The minimum Gasteiger partial charge on any atom is -0.487 e. The number of nitrogens with zero attached hydrogens (tertiary/aromatic N) is 3. The van der Waals surface area contributed by atoms with Crippen molar-refractivity contribution in [3.63, 3.8) is 0 Å². The van der Waals surface area contributed by atoms with Gasteiger partial charge in [-0.15, -0.1) is 0 Å². The zero-order valence-electron chi connectivity index (χ0n) is 14.9. The van der Waals surface area contributed by atoms with Crippen LogP contribution in [0.2, 0.25) is 0 Å². The first kappa shape index (κ1) is 17.2. The van der Waals surface area contributed by atoms with Gasteiger partial charge in [0.2, 0.25) is 11.8 Å². The van der Waals surface area contributed by atoms with E-state index in [9.17, 15) is 4.79 Å². The molecule has 0 unspecified atom stereocenters. The molecule has 4 rings (SSSR count). The number of nitrogens with one attached hydrogen (secondary N) is 1. The van der Waals surface area contributed by atoms with Gasteiger partial charge in [0.1, 0.15) is 18.7 Å². The second kappa shape index (κ2) is 6.84. The minimum absolute atomic E-state index is 0.114. The highest BCUT2D eigenvalue weighted by molar-refractivity contribution is 7.16. The number of ether oxygens (including phenoxy) is 3. The first-order valence-corrected chi connectivity index (χ1v) is 8.90. The molecule has 0 aliphatic carbocycles. The Balaban J connectivity index is 1.67. The fourth-order valence-corrected chi connectivity index (χ4v) is 3.71. The summed E-state index contributed by atoms with van der Waals surface area (Å²) in [6, 6.07) is 5.95. The monoisotopic (exact) mass is 384 g/mol. The molecule has 1 aliphatic heterocycles. The normalized spacial score (nSPS) is 11.8. The van der Waals surface area contributed by atoms with Gasteiger partial charge < -0.3 is 14.2 Å². The van der Waals surface area contributed by atoms with Crippen molar-refractivity contribution >= 4 is 22.4 Å². The number of thiazole rings is 1. The van der Waals surface area contributed by atoms with Crippen LogP contribution in [0.15, 0.2) is 24.5 Å². The van der Waals surface area contributed by atoms with Gasteiger partial charge in [0.25, 0.3) is 5.91 Å². The lowest BCUT2D eigenvalue weighted by atomic mass is 10.1. The number of fused-ring (bicyclic) bond motifs is 3. The second-order valence-corrected chi connectivity index (χ2v) is 6.88. The highest BCUT2D eigenvalue weighted by Crippen LogP contribution is 2.41. The van der Waals surface area contributed by atoms with Gasteiger partial charge in [-0.1, -0.05) is 23.0 Å². The molecule has 8 nitrogen and oxygen atoms in total. The number of carbonyl (C=O) groups excluding carboxylic acids is 1. The SMILES string of the molecule is COc1ncnc(OC)c1C(=O)Nc1nc2c(s1)COc1ccc(C)cc1-2. The van der Waals surface area contributed by atoms with Crippen LogP contribution in [0.3, 0.4) is 0 Å². The molecule has 1 aromatic carbocycles. The van der Waals surface area contributed by atoms with Crippen molar-refractivity contribution in [3.8, 4) is 28.8 Å². The predicted molar refractivity (Wildman–Crippen MR) is 99.7 cm³/mol. The summed E-state index contributed by atoms with van der Waals surface area (Å²) in [5, 5.41) is 3.24. The van der Waals surface area contributed by atoms with Gasteiger partial charge in [0.05, 0.1) is 24.8 Å². The molecule has 0 bridgehead atoms. The Morgan fingerprint density at radius 2 is 1.96 bits per heavy atom. The molecule has 1 N–H and O–H groups in total. The van der Waals surface area contributed by atoms with Gasteiger partial charge in [0, 0.05) is 5.56 Å². The molecule has 0 atom stereocenters. The molecule has 2 aromatic heterocycles. The zero-order chi connectivity index (χ0) is 19.0. The van der Waals surface area contributed by atoms with E-state index >= 15 is 0 Å². The van der Waals surface area contributed by atoms with Crippen LogP contribution in [0.4, 0.5) is 5.13 Å². The summed E-state index contributed by atoms with van der Waals surface area (Å²) in [5.41, 5.74) is 2.97. The maximum absolute atomic E-state index is 12.8. The molecule has 9 heteroatoms. The molecule has 0 fully saturated rings. The molecule has 3 heterocycles. The number of amides is 1. The molecule has 27 heavy (non-hydrogen) atoms. The fraction of sp³-hybridized carbons (Fsp3) is 0.222. The number of benzene rings is 1. The first-order valence-electron chi connectivity index (χ1n) is 8.08. The second-order valence-electron chi connectivity index (χ2n) is 5.80. The van der Waals surface area contributed by atoms with E-state index in [4.69, 9.17) is 14.2 Å². The summed E-state index contributed by atoms with van der Waals surface area (Å²) in [6.07, 6.45) is 1.27. The number of aryl methyl sites for hydroxylation is 1. The Hall–Kier alpha value is -3.20. The Bertz CT molecular complexity index is 1010. The van der Waals surface area contributed by atoms with Crippen molar-refractivity contribution in [2.24, 2.45) is 0 Å². The lowest BCUT2D eigenvalue weighted by Gasteiger charge is -2.16. The first-order chi connectivity index (χ1) is 13.1. The fourth-order valence-electron chi connectivity index (χ4n) is 2.83. The van der Waals surface area contributed by atoms with E-state index in [1.807, 2.05) is 25.1 Å². The van der Waals surface area contributed by atoms with Crippen molar-refractivity contribution in [3.05, 3.63) is 40.5 Å². The molecular weight excluding hydrogens is 368 g/mol. The van der Waals surface area contributed by atoms with Crippen LogP contribution in [-0.2, 0) is 6.61 Å². The average Bonchev–Trinajstić information content (AvgIpc) is 3.10. The lowest BCUT2D eigenvalue weighted by Crippen LogP contribution is -2.16.